The zero-order valence-corrected chi connectivity index (χ0v) is 28.7. The van der Waals surface area contributed by atoms with Crippen LogP contribution in [-0.2, 0) is 5.41 Å². The maximum absolute atomic E-state index is 2.41. The summed E-state index contributed by atoms with van der Waals surface area (Å²) in [4.78, 5) is 0. The summed E-state index contributed by atoms with van der Waals surface area (Å²) in [7, 11) is 0. The minimum atomic E-state index is 0.0700. The second-order valence-corrected chi connectivity index (χ2v) is 14.5. The van der Waals surface area contributed by atoms with Crippen molar-refractivity contribution < 1.29 is 0 Å². The zero-order chi connectivity index (χ0) is 33.8. The molecular weight excluding hydrogens is 601 g/mol. The van der Waals surface area contributed by atoms with Gasteiger partial charge in [-0.3, -0.25) is 0 Å². The number of hydrogen-bond donors (Lipinski definition) is 0. The van der Waals surface area contributed by atoms with Gasteiger partial charge in [-0.25, -0.2) is 0 Å². The van der Waals surface area contributed by atoms with Crippen LogP contribution in [0, 0.1) is 0 Å². The minimum absolute atomic E-state index is 0.0700. The first-order valence-corrected chi connectivity index (χ1v) is 17.6. The average Bonchev–Trinajstić information content (AvgIpc) is 3.16. The van der Waals surface area contributed by atoms with Crippen molar-refractivity contribution in [2.45, 2.75) is 26.2 Å². The maximum atomic E-state index is 2.41. The third-order valence-corrected chi connectivity index (χ3v) is 10.4. The van der Waals surface area contributed by atoms with Crippen LogP contribution in [0.2, 0.25) is 0 Å². The molecule has 50 heavy (non-hydrogen) atoms. The van der Waals surface area contributed by atoms with Crippen LogP contribution in [0.3, 0.4) is 0 Å². The Labute approximate surface area is 294 Å². The van der Waals surface area contributed by atoms with Gasteiger partial charge in [0.15, 0.2) is 0 Å². The Bertz CT molecular complexity index is 2660. The largest absolute Gasteiger partial charge is 0.0616 e. The lowest BCUT2D eigenvalue weighted by atomic mass is 9.82. The van der Waals surface area contributed by atoms with Gasteiger partial charge in [-0.1, -0.05) is 191 Å². The smallest absolute Gasteiger partial charge is 0.00261 e. The average molecular weight is 639 g/mol. The summed E-state index contributed by atoms with van der Waals surface area (Å²) in [6.45, 7) is 6.87. The Morgan fingerprint density at radius 1 is 0.300 bits per heavy atom. The first kappa shape index (κ1) is 30.1. The molecule has 238 valence electrons. The Kier molecular flexibility index (Phi) is 7.14. The number of hydrogen-bond acceptors (Lipinski definition) is 0. The number of rotatable bonds is 4. The van der Waals surface area contributed by atoms with Crippen LogP contribution in [0.15, 0.2) is 176 Å². The molecule has 9 rings (SSSR count). The van der Waals surface area contributed by atoms with E-state index in [9.17, 15) is 0 Å². The molecule has 0 heteroatoms. The van der Waals surface area contributed by atoms with E-state index in [0.29, 0.717) is 0 Å². The van der Waals surface area contributed by atoms with E-state index in [-0.39, 0.29) is 5.41 Å². The molecule has 0 spiro atoms. The molecule has 0 nitrogen and oxygen atoms in total. The molecule has 0 aromatic heterocycles. The molecule has 0 aliphatic heterocycles. The SMILES string of the molecule is CC(C)(C)c1cccc(-c2c3ccccc3c(-c3ccc4cccc(-c5ccc(-c6cccc7ccccc67)cc5)c4c3)c3ccccc23)c1. The third-order valence-electron chi connectivity index (χ3n) is 10.4. The lowest BCUT2D eigenvalue weighted by Gasteiger charge is -2.22. The van der Waals surface area contributed by atoms with Crippen LogP contribution < -0.4 is 0 Å². The first-order chi connectivity index (χ1) is 24.4. The van der Waals surface area contributed by atoms with Crippen molar-refractivity contribution in [3.05, 3.63) is 181 Å². The predicted octanol–water partition coefficient (Wildman–Crippen LogP) is 14.3. The summed E-state index contributed by atoms with van der Waals surface area (Å²) in [6.07, 6.45) is 0. The van der Waals surface area contributed by atoms with Gasteiger partial charge in [-0.05, 0) is 105 Å². The van der Waals surface area contributed by atoms with Crippen molar-refractivity contribution >= 4 is 43.1 Å². The standard InChI is InChI=1S/C50H38/c1-50(2,3)39-17-10-16-37(31-39)48-43-19-6-8-21-45(43)49(46-22-9-7-20-44(46)48)38-30-29-34-15-12-24-42(47(34)32-38)36-27-25-35(26-28-36)41-23-11-14-33-13-4-5-18-40(33)41/h4-32H,1-3H3. The highest BCUT2D eigenvalue weighted by atomic mass is 14.2. The fraction of sp³-hybridized carbons (Fsp3) is 0.0800. The fourth-order valence-electron chi connectivity index (χ4n) is 7.88. The van der Waals surface area contributed by atoms with Crippen LogP contribution in [0.5, 0.6) is 0 Å². The molecule has 0 fully saturated rings. The Balaban J connectivity index is 1.22. The molecule has 0 N–H and O–H groups in total. The van der Waals surface area contributed by atoms with Gasteiger partial charge >= 0.3 is 0 Å². The summed E-state index contributed by atoms with van der Waals surface area (Å²) in [5.41, 5.74) is 11.5. The molecule has 0 amide bonds. The van der Waals surface area contributed by atoms with Gasteiger partial charge in [0, 0.05) is 0 Å². The Morgan fingerprint density at radius 2 is 0.720 bits per heavy atom. The van der Waals surface area contributed by atoms with Gasteiger partial charge in [0.2, 0.25) is 0 Å². The van der Waals surface area contributed by atoms with E-state index in [1.807, 2.05) is 0 Å². The van der Waals surface area contributed by atoms with E-state index in [1.54, 1.807) is 0 Å². The topological polar surface area (TPSA) is 0 Å². The molecular formula is C50H38. The highest BCUT2D eigenvalue weighted by Crippen LogP contribution is 2.45. The quantitative estimate of drug-likeness (QED) is 0.168. The normalized spacial score (nSPS) is 11.9. The van der Waals surface area contributed by atoms with E-state index in [4.69, 9.17) is 0 Å². The van der Waals surface area contributed by atoms with Crippen LogP contribution in [0.1, 0.15) is 26.3 Å². The number of fused-ring (bicyclic) bond motifs is 4. The van der Waals surface area contributed by atoms with E-state index in [0.717, 1.165) is 0 Å². The van der Waals surface area contributed by atoms with Crippen LogP contribution in [-0.4, -0.2) is 0 Å². The molecule has 0 radical (unpaired) electrons. The van der Waals surface area contributed by atoms with Gasteiger partial charge in [0.1, 0.15) is 0 Å². The second kappa shape index (κ2) is 11.9. The highest BCUT2D eigenvalue weighted by molar-refractivity contribution is 6.22. The predicted molar refractivity (Wildman–Crippen MR) is 217 cm³/mol. The van der Waals surface area contributed by atoms with E-state index in [2.05, 4.69) is 197 Å². The van der Waals surface area contributed by atoms with E-state index >= 15 is 0 Å². The summed E-state index contributed by atoms with van der Waals surface area (Å²) < 4.78 is 0. The lowest BCUT2D eigenvalue weighted by Crippen LogP contribution is -2.10. The molecule has 0 bridgehead atoms. The van der Waals surface area contributed by atoms with Gasteiger partial charge in [0.05, 0.1) is 0 Å². The van der Waals surface area contributed by atoms with Crippen molar-refractivity contribution in [2.24, 2.45) is 0 Å². The van der Waals surface area contributed by atoms with Gasteiger partial charge in [-0.2, -0.15) is 0 Å². The van der Waals surface area contributed by atoms with Crippen molar-refractivity contribution in [1.29, 1.82) is 0 Å². The van der Waals surface area contributed by atoms with Crippen molar-refractivity contribution in [3.8, 4) is 44.5 Å². The molecule has 0 heterocycles. The lowest BCUT2D eigenvalue weighted by molar-refractivity contribution is 0.590. The molecule has 0 aliphatic carbocycles. The third kappa shape index (κ3) is 5.08. The Morgan fingerprint density at radius 3 is 1.28 bits per heavy atom. The van der Waals surface area contributed by atoms with Crippen LogP contribution in [0.25, 0.3) is 87.6 Å². The van der Waals surface area contributed by atoms with Gasteiger partial charge in [0.25, 0.3) is 0 Å². The van der Waals surface area contributed by atoms with E-state index in [1.165, 1.54) is 93.2 Å². The number of benzene rings is 9. The Hall–Kier alpha value is -5.98. The summed E-state index contributed by atoms with van der Waals surface area (Å²) in [5.74, 6) is 0. The maximum Gasteiger partial charge on any atom is -0.00261 e. The second-order valence-electron chi connectivity index (χ2n) is 14.5. The highest BCUT2D eigenvalue weighted by Gasteiger charge is 2.19. The molecule has 0 atom stereocenters. The molecule has 0 saturated heterocycles. The molecule has 0 saturated carbocycles. The molecule has 0 aliphatic rings. The summed E-state index contributed by atoms with van der Waals surface area (Å²) >= 11 is 0. The molecule has 9 aromatic rings. The monoisotopic (exact) mass is 638 g/mol. The fourth-order valence-corrected chi connectivity index (χ4v) is 7.88. The summed E-state index contributed by atoms with van der Waals surface area (Å²) in [6, 6.07) is 65.1. The van der Waals surface area contributed by atoms with E-state index < -0.39 is 0 Å². The van der Waals surface area contributed by atoms with Crippen LogP contribution in [0.4, 0.5) is 0 Å². The van der Waals surface area contributed by atoms with Crippen molar-refractivity contribution in [1.82, 2.24) is 0 Å². The molecule has 0 unspecified atom stereocenters. The van der Waals surface area contributed by atoms with Crippen molar-refractivity contribution in [2.75, 3.05) is 0 Å². The van der Waals surface area contributed by atoms with Gasteiger partial charge in [-0.15, -0.1) is 0 Å². The zero-order valence-electron chi connectivity index (χ0n) is 28.7. The first-order valence-electron chi connectivity index (χ1n) is 17.6. The summed E-state index contributed by atoms with van der Waals surface area (Å²) in [5, 5.41) is 10.2. The van der Waals surface area contributed by atoms with Crippen molar-refractivity contribution in [3.63, 3.8) is 0 Å². The minimum Gasteiger partial charge on any atom is -0.0616 e. The van der Waals surface area contributed by atoms with Crippen LogP contribution >= 0.6 is 0 Å². The molecule has 9 aromatic carbocycles. The van der Waals surface area contributed by atoms with Gasteiger partial charge < -0.3 is 0 Å².